The van der Waals surface area contributed by atoms with Gasteiger partial charge in [0.05, 0.1) is 24.7 Å². The van der Waals surface area contributed by atoms with Crippen molar-refractivity contribution in [2.45, 2.75) is 32.6 Å². The van der Waals surface area contributed by atoms with Gasteiger partial charge in [0.2, 0.25) is 0 Å². The molecule has 1 aliphatic carbocycles. The molecule has 2 aromatic carbocycles. The highest BCUT2D eigenvalue weighted by Gasteiger charge is 2.44. The van der Waals surface area contributed by atoms with E-state index >= 15 is 0 Å². The second kappa shape index (κ2) is 7.79. The number of halogens is 1. The van der Waals surface area contributed by atoms with Crippen LogP contribution in [0.25, 0.3) is 0 Å². The third kappa shape index (κ3) is 3.68. The summed E-state index contributed by atoms with van der Waals surface area (Å²) >= 11 is 6.09. The van der Waals surface area contributed by atoms with Gasteiger partial charge < -0.3 is 10.5 Å². The molecule has 2 aliphatic rings. The molecule has 0 amide bonds. The lowest BCUT2D eigenvalue weighted by Crippen LogP contribution is -2.42. The van der Waals surface area contributed by atoms with Crippen molar-refractivity contribution in [3.05, 3.63) is 81.8 Å². The van der Waals surface area contributed by atoms with Gasteiger partial charge >= 0.3 is 0 Å². The van der Waals surface area contributed by atoms with Crippen LogP contribution in [0.1, 0.15) is 38.2 Å². The normalized spacial score (nSPS) is 20.4. The van der Waals surface area contributed by atoms with Crippen LogP contribution in [0.2, 0.25) is 5.02 Å². The lowest BCUT2D eigenvalue weighted by atomic mass is 9.68. The maximum atomic E-state index is 13.4. The molecule has 4 rings (SSSR count). The molecule has 6 heteroatoms. The number of ketones is 1. The Morgan fingerprint density at radius 3 is 2.35 bits per heavy atom. The van der Waals surface area contributed by atoms with Crippen molar-refractivity contribution in [3.63, 3.8) is 0 Å². The Kier molecular flexibility index (Phi) is 5.28. The molecule has 0 fully saturated rings. The molecule has 0 spiro atoms. The summed E-state index contributed by atoms with van der Waals surface area (Å²) in [5, 5.41) is 10.7. The fourth-order valence-electron chi connectivity index (χ4n) is 4.52. The Bertz CT molecular complexity index is 1140. The van der Waals surface area contributed by atoms with Crippen molar-refractivity contribution < 1.29 is 9.53 Å². The summed E-state index contributed by atoms with van der Waals surface area (Å²) in [5.41, 5.74) is 9.88. The summed E-state index contributed by atoms with van der Waals surface area (Å²) in [6.45, 7) is 4.16. The van der Waals surface area contributed by atoms with E-state index in [0.29, 0.717) is 40.6 Å². The van der Waals surface area contributed by atoms with E-state index in [2.05, 4.69) is 19.9 Å². The average Bonchev–Trinajstić information content (AvgIpc) is 2.73. The lowest BCUT2D eigenvalue weighted by molar-refractivity contribution is -0.118. The van der Waals surface area contributed by atoms with Crippen molar-refractivity contribution in [1.82, 2.24) is 0 Å². The number of allylic oxidation sites excluding steroid dienone is 3. The minimum absolute atomic E-state index is 0.0475. The van der Waals surface area contributed by atoms with Crippen molar-refractivity contribution in [1.29, 1.82) is 5.26 Å². The van der Waals surface area contributed by atoms with Crippen LogP contribution < -0.4 is 15.4 Å². The summed E-state index contributed by atoms with van der Waals surface area (Å²) in [6, 6.07) is 17.0. The number of carbonyl (C=O) groups is 1. The number of carbonyl (C=O) groups excluding carboxylic acids is 1. The van der Waals surface area contributed by atoms with E-state index in [4.69, 9.17) is 22.1 Å². The van der Waals surface area contributed by atoms with Gasteiger partial charge in [0, 0.05) is 28.4 Å². The van der Waals surface area contributed by atoms with Crippen LogP contribution in [0.15, 0.2) is 71.2 Å². The molecular weight excluding hydrogens is 410 g/mol. The van der Waals surface area contributed by atoms with Crippen molar-refractivity contribution in [2.24, 2.45) is 11.1 Å². The first-order valence-corrected chi connectivity index (χ1v) is 10.5. The molecule has 0 radical (unpaired) electrons. The third-order valence-corrected chi connectivity index (χ3v) is 6.17. The zero-order valence-corrected chi connectivity index (χ0v) is 18.5. The molecule has 1 aliphatic heterocycles. The molecule has 5 nitrogen and oxygen atoms in total. The Morgan fingerprint density at radius 1 is 1.13 bits per heavy atom. The summed E-state index contributed by atoms with van der Waals surface area (Å²) in [5.74, 6) is 0.599. The van der Waals surface area contributed by atoms with E-state index in [9.17, 15) is 10.1 Å². The zero-order valence-electron chi connectivity index (χ0n) is 17.8. The molecule has 1 atom stereocenters. The van der Waals surface area contributed by atoms with Gasteiger partial charge in [0.1, 0.15) is 11.6 Å². The van der Waals surface area contributed by atoms with Gasteiger partial charge in [-0.3, -0.25) is 9.69 Å². The van der Waals surface area contributed by atoms with Gasteiger partial charge in [-0.2, -0.15) is 5.26 Å². The van der Waals surface area contributed by atoms with E-state index in [-0.39, 0.29) is 11.2 Å². The minimum atomic E-state index is -0.502. The van der Waals surface area contributed by atoms with Gasteiger partial charge in [0.15, 0.2) is 5.78 Å². The number of hydrogen-bond donors (Lipinski definition) is 1. The smallest absolute Gasteiger partial charge is 0.162 e. The van der Waals surface area contributed by atoms with Crippen LogP contribution in [0.5, 0.6) is 5.75 Å². The van der Waals surface area contributed by atoms with Gasteiger partial charge in [0.25, 0.3) is 0 Å². The van der Waals surface area contributed by atoms with Crippen LogP contribution in [-0.2, 0) is 4.79 Å². The Morgan fingerprint density at radius 2 is 1.77 bits per heavy atom. The second-order valence-electron chi connectivity index (χ2n) is 8.73. The van der Waals surface area contributed by atoms with Crippen LogP contribution in [0, 0.1) is 16.7 Å². The molecule has 0 aromatic heterocycles. The number of benzene rings is 2. The van der Waals surface area contributed by atoms with Crippen LogP contribution >= 0.6 is 11.6 Å². The van der Waals surface area contributed by atoms with E-state index < -0.39 is 5.92 Å². The number of anilines is 1. The van der Waals surface area contributed by atoms with Crippen molar-refractivity contribution >= 4 is 23.1 Å². The first-order chi connectivity index (χ1) is 14.8. The molecule has 0 unspecified atom stereocenters. The summed E-state index contributed by atoms with van der Waals surface area (Å²) in [7, 11) is 1.60. The summed E-state index contributed by atoms with van der Waals surface area (Å²) < 4.78 is 5.27. The molecule has 0 saturated heterocycles. The van der Waals surface area contributed by atoms with Gasteiger partial charge in [-0.05, 0) is 53.8 Å². The number of hydrogen-bond acceptors (Lipinski definition) is 5. The second-order valence-corrected chi connectivity index (χ2v) is 9.17. The first-order valence-electron chi connectivity index (χ1n) is 10.1. The van der Waals surface area contributed by atoms with Crippen LogP contribution in [0.3, 0.4) is 0 Å². The summed E-state index contributed by atoms with van der Waals surface area (Å²) in [4.78, 5) is 15.3. The highest BCUT2D eigenvalue weighted by atomic mass is 35.5. The molecular formula is C25H24ClN3O2. The van der Waals surface area contributed by atoms with Crippen molar-refractivity contribution in [2.75, 3.05) is 12.0 Å². The number of ether oxygens (including phenoxy) is 1. The minimum Gasteiger partial charge on any atom is -0.497 e. The van der Waals surface area contributed by atoms with E-state index in [1.807, 2.05) is 41.3 Å². The Hall–Kier alpha value is -3.23. The molecule has 158 valence electrons. The molecule has 2 aromatic rings. The molecule has 2 N–H and O–H groups in total. The van der Waals surface area contributed by atoms with E-state index in [1.165, 1.54) is 0 Å². The highest BCUT2D eigenvalue weighted by Crippen LogP contribution is 2.50. The summed E-state index contributed by atoms with van der Waals surface area (Å²) in [6.07, 6.45) is 1.09. The number of Topliss-reactive ketones (excluding diaryl/α,β-unsaturated/α-hetero) is 1. The molecule has 0 bridgehead atoms. The maximum absolute atomic E-state index is 13.4. The largest absolute Gasteiger partial charge is 0.497 e. The predicted molar refractivity (Wildman–Crippen MR) is 122 cm³/mol. The third-order valence-electron chi connectivity index (χ3n) is 5.91. The van der Waals surface area contributed by atoms with Crippen LogP contribution in [0.4, 0.5) is 5.69 Å². The Labute approximate surface area is 187 Å². The topological polar surface area (TPSA) is 79.3 Å². The fraction of sp³-hybridized carbons (Fsp3) is 0.280. The monoisotopic (exact) mass is 433 g/mol. The number of nitrogens with two attached hydrogens (primary N) is 1. The maximum Gasteiger partial charge on any atom is 0.162 e. The van der Waals surface area contributed by atoms with E-state index in [0.717, 1.165) is 16.9 Å². The fourth-order valence-corrected chi connectivity index (χ4v) is 4.65. The van der Waals surface area contributed by atoms with Gasteiger partial charge in [-0.1, -0.05) is 37.6 Å². The SMILES string of the molecule is COc1ccc([C@H]2C(C#N)=C(N)N(c3ccc(Cl)cc3)C3=C2C(=O)CC(C)(C)C3)cc1. The molecule has 31 heavy (non-hydrogen) atoms. The molecule has 1 heterocycles. The van der Waals surface area contributed by atoms with Crippen molar-refractivity contribution in [3.8, 4) is 11.8 Å². The predicted octanol–water partition coefficient (Wildman–Crippen LogP) is 5.29. The van der Waals surface area contributed by atoms with Gasteiger partial charge in [-0.15, -0.1) is 0 Å². The number of rotatable bonds is 3. The van der Waals surface area contributed by atoms with Crippen LogP contribution in [-0.4, -0.2) is 12.9 Å². The lowest BCUT2D eigenvalue weighted by Gasteiger charge is -2.43. The number of nitriles is 1. The zero-order chi connectivity index (χ0) is 22.3. The number of nitrogens with zero attached hydrogens (tertiary/aromatic N) is 2. The Balaban J connectivity index is 1.96. The number of methoxy groups -OCH3 is 1. The molecule has 0 saturated carbocycles. The first kappa shape index (κ1) is 21.0. The average molecular weight is 434 g/mol. The standard InChI is InChI=1S/C25H24ClN3O2/c1-25(2)12-20-23(21(30)13-25)22(15-4-10-18(31-3)11-5-15)19(14-27)24(28)29(20)17-8-6-16(26)7-9-17/h4-11,22H,12-13,28H2,1-3H3/t22-/m0/s1. The van der Waals surface area contributed by atoms with Gasteiger partial charge in [-0.25, -0.2) is 0 Å². The van der Waals surface area contributed by atoms with E-state index in [1.54, 1.807) is 19.2 Å². The highest BCUT2D eigenvalue weighted by molar-refractivity contribution is 6.30. The quantitative estimate of drug-likeness (QED) is 0.711.